The van der Waals surface area contributed by atoms with Gasteiger partial charge in [-0.25, -0.2) is 0 Å². The van der Waals surface area contributed by atoms with Gasteiger partial charge in [0.15, 0.2) is 4.83 Å². The third kappa shape index (κ3) is 2.03. The van der Waals surface area contributed by atoms with Crippen LogP contribution in [0, 0.1) is 5.92 Å². The van der Waals surface area contributed by atoms with Gasteiger partial charge in [0.2, 0.25) is 0 Å². The van der Waals surface area contributed by atoms with Crippen LogP contribution in [-0.4, -0.2) is 26.1 Å². The fourth-order valence-electron chi connectivity index (χ4n) is 2.52. The first kappa shape index (κ1) is 12.3. The van der Waals surface area contributed by atoms with Crippen molar-refractivity contribution < 1.29 is 9.90 Å². The molecule has 0 amide bonds. The number of fused-ring (bicyclic) bond motifs is 3. The van der Waals surface area contributed by atoms with Gasteiger partial charge in [0.05, 0.1) is 5.39 Å². The highest BCUT2D eigenvalue weighted by Crippen LogP contribution is 2.35. The second kappa shape index (κ2) is 4.41. The molecule has 0 bridgehead atoms. The molecule has 7 heteroatoms. The Hall–Kier alpha value is -1.76. The minimum Gasteiger partial charge on any atom is -0.480 e. The normalized spacial score (nSPS) is 18.5. The second-order valence-corrected chi connectivity index (χ2v) is 6.06. The van der Waals surface area contributed by atoms with Crippen molar-refractivity contribution >= 4 is 27.5 Å². The van der Waals surface area contributed by atoms with E-state index in [1.807, 2.05) is 0 Å². The molecule has 2 aromatic rings. The molecule has 1 unspecified atom stereocenters. The molecule has 0 saturated carbocycles. The number of rotatable bonds is 2. The van der Waals surface area contributed by atoms with Crippen LogP contribution in [0.25, 0.3) is 10.2 Å². The maximum Gasteiger partial charge on any atom is 0.325 e. The van der Waals surface area contributed by atoms with Crippen LogP contribution in [0.1, 0.15) is 23.8 Å². The first-order valence-corrected chi connectivity index (χ1v) is 6.97. The molecule has 6 nitrogen and oxygen atoms in total. The van der Waals surface area contributed by atoms with E-state index in [-0.39, 0.29) is 5.56 Å². The lowest BCUT2D eigenvalue weighted by Gasteiger charge is -2.17. The highest BCUT2D eigenvalue weighted by Gasteiger charge is 2.23. The summed E-state index contributed by atoms with van der Waals surface area (Å²) in [5.74, 6) is -0.469. The van der Waals surface area contributed by atoms with Crippen LogP contribution in [0.5, 0.6) is 0 Å². The average molecular weight is 279 g/mol. The van der Waals surface area contributed by atoms with Crippen molar-refractivity contribution in [1.29, 1.82) is 0 Å². The predicted octanol–water partition coefficient (Wildman–Crippen LogP) is 1.06. The largest absolute Gasteiger partial charge is 0.480 e. The minimum atomic E-state index is -1.09. The van der Waals surface area contributed by atoms with E-state index in [1.54, 1.807) is 0 Å². The molecule has 1 N–H and O–H groups in total. The summed E-state index contributed by atoms with van der Waals surface area (Å²) in [5.41, 5.74) is 0.719. The smallest absolute Gasteiger partial charge is 0.325 e. The quantitative estimate of drug-likeness (QED) is 0.888. The Bertz CT molecular complexity index is 719. The van der Waals surface area contributed by atoms with Crippen LogP contribution >= 0.6 is 11.3 Å². The number of thiophene rings is 1. The number of aliphatic carboxylic acids is 1. The Balaban J connectivity index is 2.20. The van der Waals surface area contributed by atoms with Gasteiger partial charge < -0.3 is 5.11 Å². The van der Waals surface area contributed by atoms with E-state index in [9.17, 15) is 9.59 Å². The summed E-state index contributed by atoms with van der Waals surface area (Å²) in [6.07, 6.45) is 2.89. The molecule has 0 aliphatic heterocycles. The van der Waals surface area contributed by atoms with Crippen molar-refractivity contribution in [2.45, 2.75) is 32.7 Å². The Morgan fingerprint density at radius 2 is 2.37 bits per heavy atom. The molecular formula is C12H13N3O3S. The van der Waals surface area contributed by atoms with Gasteiger partial charge in [0.25, 0.3) is 5.56 Å². The first-order valence-electron chi connectivity index (χ1n) is 6.16. The topological polar surface area (TPSA) is 85.1 Å². The van der Waals surface area contributed by atoms with E-state index >= 15 is 0 Å². The Labute approximate surface area is 112 Å². The average Bonchev–Trinajstić information content (AvgIpc) is 2.70. The van der Waals surface area contributed by atoms with Crippen LogP contribution in [0.15, 0.2) is 4.79 Å². The van der Waals surface area contributed by atoms with Crippen molar-refractivity contribution in [2.75, 3.05) is 0 Å². The molecule has 0 spiro atoms. The molecule has 0 aromatic carbocycles. The molecule has 19 heavy (non-hydrogen) atoms. The number of aromatic nitrogens is 3. The van der Waals surface area contributed by atoms with E-state index in [4.69, 9.17) is 5.11 Å². The number of carboxylic acids is 1. The molecule has 100 valence electrons. The monoisotopic (exact) mass is 279 g/mol. The number of aryl methyl sites for hydroxylation is 1. The molecule has 3 rings (SSSR count). The highest BCUT2D eigenvalue weighted by atomic mass is 32.1. The summed E-state index contributed by atoms with van der Waals surface area (Å²) in [6.45, 7) is 1.75. The van der Waals surface area contributed by atoms with Gasteiger partial charge in [0, 0.05) is 4.88 Å². The molecule has 1 aliphatic rings. The van der Waals surface area contributed by atoms with Crippen LogP contribution in [-0.2, 0) is 24.2 Å². The lowest BCUT2D eigenvalue weighted by molar-refractivity contribution is -0.138. The lowest BCUT2D eigenvalue weighted by Crippen LogP contribution is -2.28. The number of nitrogens with zero attached hydrogens (tertiary/aromatic N) is 3. The van der Waals surface area contributed by atoms with Crippen molar-refractivity contribution in [3.05, 3.63) is 20.8 Å². The van der Waals surface area contributed by atoms with E-state index in [1.165, 1.54) is 16.2 Å². The van der Waals surface area contributed by atoms with Crippen molar-refractivity contribution in [3.63, 3.8) is 0 Å². The van der Waals surface area contributed by atoms with E-state index < -0.39 is 12.5 Å². The van der Waals surface area contributed by atoms with Gasteiger partial charge in [0.1, 0.15) is 6.54 Å². The maximum absolute atomic E-state index is 12.3. The van der Waals surface area contributed by atoms with Gasteiger partial charge in [-0.15, -0.1) is 16.4 Å². The zero-order chi connectivity index (χ0) is 13.6. The third-order valence-corrected chi connectivity index (χ3v) is 4.61. The molecule has 2 heterocycles. The van der Waals surface area contributed by atoms with Gasteiger partial charge in [-0.3, -0.25) is 9.59 Å². The molecule has 1 aliphatic carbocycles. The molecule has 2 aromatic heterocycles. The number of hydrogen-bond donors (Lipinski definition) is 1. The lowest BCUT2D eigenvalue weighted by atomic mass is 9.89. The van der Waals surface area contributed by atoms with Gasteiger partial charge in [-0.05, 0) is 30.7 Å². The summed E-state index contributed by atoms with van der Waals surface area (Å²) in [4.78, 5) is 24.8. The minimum absolute atomic E-state index is 0.334. The molecular weight excluding hydrogens is 266 g/mol. The van der Waals surface area contributed by atoms with E-state index in [0.717, 1.165) is 29.5 Å². The fraction of sp³-hybridized carbons (Fsp3) is 0.500. The molecule has 0 radical (unpaired) electrons. The van der Waals surface area contributed by atoms with Crippen LogP contribution in [0.2, 0.25) is 0 Å². The molecule has 1 atom stereocenters. The zero-order valence-corrected chi connectivity index (χ0v) is 11.2. The van der Waals surface area contributed by atoms with Gasteiger partial charge in [-0.2, -0.15) is 4.68 Å². The third-order valence-electron chi connectivity index (χ3n) is 3.47. The number of hydrogen-bond acceptors (Lipinski definition) is 5. The van der Waals surface area contributed by atoms with E-state index in [0.29, 0.717) is 16.1 Å². The fourth-order valence-corrected chi connectivity index (χ4v) is 3.84. The molecule has 0 fully saturated rings. The Morgan fingerprint density at radius 3 is 3.11 bits per heavy atom. The van der Waals surface area contributed by atoms with Crippen LogP contribution < -0.4 is 5.56 Å². The predicted molar refractivity (Wildman–Crippen MR) is 70.5 cm³/mol. The standard InChI is InChI=1S/C12H13N3O3S/c1-6-2-3-7-8(4-6)19-11-10(7)12(18)15(14-13-11)5-9(16)17/h6H,2-5H2,1H3,(H,16,17). The maximum atomic E-state index is 12.3. The summed E-state index contributed by atoms with van der Waals surface area (Å²) in [7, 11) is 0. The number of carboxylic acid groups (broad SMARTS) is 1. The zero-order valence-electron chi connectivity index (χ0n) is 10.4. The van der Waals surface area contributed by atoms with E-state index in [2.05, 4.69) is 17.2 Å². The second-order valence-electron chi connectivity index (χ2n) is 4.98. The Kier molecular flexibility index (Phi) is 2.85. The first-order chi connectivity index (χ1) is 9.06. The number of carbonyl (C=O) groups is 1. The Morgan fingerprint density at radius 1 is 1.58 bits per heavy atom. The van der Waals surface area contributed by atoms with Crippen molar-refractivity contribution in [2.24, 2.45) is 5.92 Å². The summed E-state index contributed by atoms with van der Waals surface area (Å²) < 4.78 is 0.926. The van der Waals surface area contributed by atoms with Crippen LogP contribution in [0.3, 0.4) is 0 Å². The van der Waals surface area contributed by atoms with Gasteiger partial charge in [-0.1, -0.05) is 12.1 Å². The highest BCUT2D eigenvalue weighted by molar-refractivity contribution is 7.18. The summed E-state index contributed by atoms with van der Waals surface area (Å²) in [6, 6.07) is 0. The molecule has 0 saturated heterocycles. The van der Waals surface area contributed by atoms with Crippen LogP contribution in [0.4, 0.5) is 0 Å². The SMILES string of the molecule is CC1CCc2c(sc3nnn(CC(=O)O)c(=O)c23)C1. The van der Waals surface area contributed by atoms with Crippen molar-refractivity contribution in [1.82, 2.24) is 15.0 Å². The summed E-state index contributed by atoms with van der Waals surface area (Å²) >= 11 is 1.51. The van der Waals surface area contributed by atoms with Gasteiger partial charge >= 0.3 is 5.97 Å². The summed E-state index contributed by atoms with van der Waals surface area (Å²) in [5, 5.41) is 17.0. The van der Waals surface area contributed by atoms with Crippen molar-refractivity contribution in [3.8, 4) is 0 Å².